The van der Waals surface area contributed by atoms with Gasteiger partial charge in [0, 0.05) is 11.8 Å². The fraction of sp³-hybridized carbons (Fsp3) is 0.0968. The van der Waals surface area contributed by atoms with Crippen LogP contribution < -0.4 is 9.47 Å². The van der Waals surface area contributed by atoms with Crippen LogP contribution >= 0.6 is 0 Å². The molecule has 3 aromatic carbocycles. The highest BCUT2D eigenvalue weighted by Crippen LogP contribution is 2.56. The molecule has 0 atom stereocenters. The van der Waals surface area contributed by atoms with E-state index < -0.39 is 5.41 Å². The van der Waals surface area contributed by atoms with Crippen molar-refractivity contribution in [1.29, 1.82) is 0 Å². The Morgan fingerprint density at radius 3 is 1.83 bits per heavy atom. The maximum Gasteiger partial charge on any atom is 0.119 e. The van der Waals surface area contributed by atoms with Crippen molar-refractivity contribution in [2.45, 2.75) is 5.41 Å². The van der Waals surface area contributed by atoms with E-state index in [2.05, 4.69) is 60.7 Å². The van der Waals surface area contributed by atoms with Crippen LogP contribution in [0.5, 0.6) is 11.5 Å². The lowest BCUT2D eigenvalue weighted by atomic mass is 9.72. The van der Waals surface area contributed by atoms with Crippen LogP contribution in [-0.2, 0) is 5.41 Å². The van der Waals surface area contributed by atoms with Gasteiger partial charge in [-0.25, -0.2) is 0 Å². The number of hydrogen-bond acceptors (Lipinski definition) is 4. The fourth-order valence-electron chi connectivity index (χ4n) is 5.23. The van der Waals surface area contributed by atoms with E-state index >= 15 is 0 Å². The molecule has 5 aromatic rings. The van der Waals surface area contributed by atoms with Crippen LogP contribution in [0.25, 0.3) is 22.4 Å². The molecule has 170 valence electrons. The molecule has 4 heteroatoms. The molecule has 0 fully saturated rings. The van der Waals surface area contributed by atoms with Crippen LogP contribution in [0.15, 0.2) is 109 Å². The minimum Gasteiger partial charge on any atom is -0.497 e. The van der Waals surface area contributed by atoms with Gasteiger partial charge in [-0.15, -0.1) is 0 Å². The van der Waals surface area contributed by atoms with Crippen molar-refractivity contribution in [3.05, 3.63) is 132 Å². The molecule has 0 bridgehead atoms. The summed E-state index contributed by atoms with van der Waals surface area (Å²) in [6.45, 7) is 0. The SMILES string of the molecule is COc1ccc2c(c1)-c1cc(OC)ccc1C2(c1ccccn1)c1cccc(-c2ccccc2)n1. The number of benzene rings is 3. The smallest absolute Gasteiger partial charge is 0.119 e. The fourth-order valence-corrected chi connectivity index (χ4v) is 5.23. The van der Waals surface area contributed by atoms with Crippen LogP contribution in [0.1, 0.15) is 22.5 Å². The maximum absolute atomic E-state index is 5.61. The molecule has 1 aliphatic rings. The molecule has 0 amide bonds. The Morgan fingerprint density at radius 1 is 0.600 bits per heavy atom. The minimum atomic E-state index is -0.685. The minimum absolute atomic E-state index is 0.685. The molecule has 6 rings (SSSR count). The highest BCUT2D eigenvalue weighted by molar-refractivity contribution is 5.87. The summed E-state index contributed by atoms with van der Waals surface area (Å²) in [5.41, 5.74) is 7.60. The van der Waals surface area contributed by atoms with Gasteiger partial charge >= 0.3 is 0 Å². The van der Waals surface area contributed by atoms with E-state index in [-0.39, 0.29) is 0 Å². The first-order valence-corrected chi connectivity index (χ1v) is 11.6. The lowest BCUT2D eigenvalue weighted by molar-refractivity contribution is 0.414. The van der Waals surface area contributed by atoms with Crippen LogP contribution in [-0.4, -0.2) is 24.2 Å². The molecule has 0 saturated carbocycles. The van der Waals surface area contributed by atoms with Crippen LogP contribution in [0.2, 0.25) is 0 Å². The van der Waals surface area contributed by atoms with Gasteiger partial charge in [0.25, 0.3) is 0 Å². The standard InChI is InChI=1S/C31H24N2O2/c1-34-22-14-16-26-24(19-22)25-20-23(35-2)15-17-27(25)31(26,29-12-6-7-18-32-29)30-13-8-11-28(33-30)21-9-4-3-5-10-21/h3-20H,1-2H3. The predicted octanol–water partition coefficient (Wildman–Crippen LogP) is 6.52. The quantitative estimate of drug-likeness (QED) is 0.296. The lowest BCUT2D eigenvalue weighted by Crippen LogP contribution is -2.31. The first-order valence-electron chi connectivity index (χ1n) is 11.6. The van der Waals surface area contributed by atoms with Gasteiger partial charge in [-0.3, -0.25) is 9.97 Å². The highest BCUT2D eigenvalue weighted by Gasteiger charge is 2.48. The third kappa shape index (κ3) is 3.22. The molecule has 0 radical (unpaired) electrons. The molecule has 35 heavy (non-hydrogen) atoms. The summed E-state index contributed by atoms with van der Waals surface area (Å²) < 4.78 is 11.2. The summed E-state index contributed by atoms with van der Waals surface area (Å²) in [5.74, 6) is 1.61. The second kappa shape index (κ2) is 8.41. The van der Waals surface area contributed by atoms with E-state index in [9.17, 15) is 0 Å². The van der Waals surface area contributed by atoms with Gasteiger partial charge in [-0.05, 0) is 70.8 Å². The zero-order valence-electron chi connectivity index (χ0n) is 19.6. The van der Waals surface area contributed by atoms with Gasteiger partial charge in [-0.2, -0.15) is 0 Å². The molecule has 0 unspecified atom stereocenters. The monoisotopic (exact) mass is 456 g/mol. The van der Waals surface area contributed by atoms with E-state index in [1.807, 2.05) is 48.7 Å². The molecule has 0 saturated heterocycles. The Bertz CT molecular complexity index is 1460. The Kier molecular flexibility index (Phi) is 5.07. The van der Waals surface area contributed by atoms with Crippen LogP contribution in [0, 0.1) is 0 Å². The number of ether oxygens (including phenoxy) is 2. The molecule has 2 heterocycles. The molecule has 0 aliphatic heterocycles. The number of nitrogens with zero attached hydrogens (tertiary/aromatic N) is 2. The number of fused-ring (bicyclic) bond motifs is 3. The van der Waals surface area contributed by atoms with E-state index in [0.717, 1.165) is 56.4 Å². The van der Waals surface area contributed by atoms with Crippen LogP contribution in [0.4, 0.5) is 0 Å². The summed E-state index contributed by atoms with van der Waals surface area (Å²) in [7, 11) is 3.39. The van der Waals surface area contributed by atoms with E-state index in [1.165, 1.54) is 0 Å². The summed E-state index contributed by atoms with van der Waals surface area (Å²) in [4.78, 5) is 10.1. The molecule has 0 N–H and O–H groups in total. The van der Waals surface area contributed by atoms with Crippen molar-refractivity contribution < 1.29 is 9.47 Å². The number of methoxy groups -OCH3 is 2. The number of rotatable bonds is 5. The summed E-state index contributed by atoms with van der Waals surface area (Å²) in [6, 6.07) is 35.1. The van der Waals surface area contributed by atoms with E-state index in [1.54, 1.807) is 14.2 Å². The van der Waals surface area contributed by atoms with Gasteiger partial charge in [0.2, 0.25) is 0 Å². The Morgan fingerprint density at radius 2 is 1.23 bits per heavy atom. The Hall–Kier alpha value is -4.44. The summed E-state index contributed by atoms with van der Waals surface area (Å²) in [5, 5.41) is 0. The van der Waals surface area contributed by atoms with Gasteiger partial charge in [0.1, 0.15) is 16.9 Å². The molecule has 1 aliphatic carbocycles. The van der Waals surface area contributed by atoms with Crippen molar-refractivity contribution in [3.8, 4) is 33.9 Å². The summed E-state index contributed by atoms with van der Waals surface area (Å²) in [6.07, 6.45) is 1.85. The predicted molar refractivity (Wildman–Crippen MR) is 138 cm³/mol. The van der Waals surface area contributed by atoms with Crippen molar-refractivity contribution >= 4 is 0 Å². The summed E-state index contributed by atoms with van der Waals surface area (Å²) >= 11 is 0. The Labute approximate surface area is 204 Å². The van der Waals surface area contributed by atoms with Gasteiger partial charge in [0.15, 0.2) is 0 Å². The molecular formula is C31H24N2O2. The zero-order chi connectivity index (χ0) is 23.8. The normalized spacial score (nSPS) is 13.1. The largest absolute Gasteiger partial charge is 0.497 e. The van der Waals surface area contributed by atoms with Crippen molar-refractivity contribution in [2.24, 2.45) is 0 Å². The topological polar surface area (TPSA) is 44.2 Å². The number of aromatic nitrogens is 2. The first kappa shape index (κ1) is 21.1. The lowest BCUT2D eigenvalue weighted by Gasteiger charge is -2.31. The van der Waals surface area contributed by atoms with E-state index in [0.29, 0.717) is 0 Å². The Balaban J connectivity index is 1.72. The second-order valence-corrected chi connectivity index (χ2v) is 8.56. The van der Waals surface area contributed by atoms with Gasteiger partial charge in [-0.1, -0.05) is 54.6 Å². The third-order valence-electron chi connectivity index (χ3n) is 6.80. The van der Waals surface area contributed by atoms with Gasteiger partial charge < -0.3 is 9.47 Å². The van der Waals surface area contributed by atoms with Crippen molar-refractivity contribution in [3.63, 3.8) is 0 Å². The van der Waals surface area contributed by atoms with Crippen molar-refractivity contribution in [1.82, 2.24) is 9.97 Å². The first-order chi connectivity index (χ1) is 17.3. The zero-order valence-corrected chi connectivity index (χ0v) is 19.6. The average Bonchev–Trinajstić information content (AvgIpc) is 3.23. The molecule has 0 spiro atoms. The molecule has 2 aromatic heterocycles. The van der Waals surface area contributed by atoms with E-state index in [4.69, 9.17) is 19.4 Å². The maximum atomic E-state index is 5.61. The van der Waals surface area contributed by atoms with Gasteiger partial charge in [0.05, 0.1) is 31.3 Å². The number of pyridine rings is 2. The second-order valence-electron chi connectivity index (χ2n) is 8.56. The third-order valence-corrected chi connectivity index (χ3v) is 6.80. The average molecular weight is 457 g/mol. The molecular weight excluding hydrogens is 432 g/mol. The number of hydrogen-bond donors (Lipinski definition) is 0. The van der Waals surface area contributed by atoms with Crippen molar-refractivity contribution in [2.75, 3.05) is 14.2 Å². The van der Waals surface area contributed by atoms with Crippen LogP contribution in [0.3, 0.4) is 0 Å². The highest BCUT2D eigenvalue weighted by atomic mass is 16.5. The molecule has 4 nitrogen and oxygen atoms in total.